The third-order valence-corrected chi connectivity index (χ3v) is 11.1. The zero-order valence-corrected chi connectivity index (χ0v) is 28.1. The maximum absolute atomic E-state index is 12.8. The highest BCUT2D eigenvalue weighted by molar-refractivity contribution is 5.82. The molecule has 2 nitrogen and oxygen atoms in total. The van der Waals surface area contributed by atoms with Crippen LogP contribution in [0.1, 0.15) is 165 Å². The van der Waals surface area contributed by atoms with Crippen molar-refractivity contribution in [2.75, 3.05) is 0 Å². The molecule has 3 aliphatic carbocycles. The lowest BCUT2D eigenvalue weighted by atomic mass is 9.74. The number of ketones is 1. The van der Waals surface area contributed by atoms with E-state index in [9.17, 15) is 4.79 Å². The molecular formula is C40H65NO. The van der Waals surface area contributed by atoms with Crippen LogP contribution in [0, 0.1) is 37.5 Å². The molecule has 0 amide bonds. The van der Waals surface area contributed by atoms with Crippen molar-refractivity contribution < 1.29 is 7.65 Å². The van der Waals surface area contributed by atoms with Crippen molar-refractivity contribution in [1.82, 2.24) is 4.98 Å². The summed E-state index contributed by atoms with van der Waals surface area (Å²) in [5, 5.41) is 0. The first-order chi connectivity index (χ1) is 20.4. The molecule has 236 valence electrons. The van der Waals surface area contributed by atoms with Gasteiger partial charge in [-0.2, -0.15) is 0 Å². The summed E-state index contributed by atoms with van der Waals surface area (Å²) in [6, 6.07) is 7.22. The Balaban J connectivity index is 0.00000165. The predicted octanol–water partition coefficient (Wildman–Crippen LogP) is 11.6. The Bertz CT molecular complexity index is 1150. The van der Waals surface area contributed by atoms with Crippen molar-refractivity contribution in [1.29, 1.82) is 0 Å². The van der Waals surface area contributed by atoms with Crippen LogP contribution in [0.5, 0.6) is 0 Å². The lowest BCUT2D eigenvalue weighted by Gasteiger charge is -2.31. The molecule has 0 saturated heterocycles. The van der Waals surface area contributed by atoms with Gasteiger partial charge < -0.3 is 0 Å². The molecule has 2 saturated carbocycles. The van der Waals surface area contributed by atoms with Gasteiger partial charge in [-0.25, -0.2) is 0 Å². The van der Waals surface area contributed by atoms with Crippen LogP contribution in [-0.2, 0) is 24.1 Å². The third kappa shape index (κ3) is 8.15. The van der Waals surface area contributed by atoms with Crippen LogP contribution in [0.3, 0.4) is 0 Å². The quantitative estimate of drug-likeness (QED) is 0.264. The Kier molecular flexibility index (Phi) is 12.7. The molecule has 42 heavy (non-hydrogen) atoms. The van der Waals surface area contributed by atoms with Crippen LogP contribution < -0.4 is 0 Å². The normalized spacial score (nSPS) is 22.3. The fourth-order valence-corrected chi connectivity index (χ4v) is 9.03. The second kappa shape index (κ2) is 16.2. The Morgan fingerprint density at radius 1 is 0.976 bits per heavy atom. The van der Waals surface area contributed by atoms with E-state index < -0.39 is 0 Å². The van der Waals surface area contributed by atoms with Crippen LogP contribution in [0.2, 0.25) is 0 Å². The van der Waals surface area contributed by atoms with Crippen molar-refractivity contribution >= 4 is 5.78 Å². The second-order valence-corrected chi connectivity index (χ2v) is 14.0. The van der Waals surface area contributed by atoms with E-state index >= 15 is 0 Å². The van der Waals surface area contributed by atoms with Crippen LogP contribution in [-0.4, -0.2) is 10.8 Å². The average Bonchev–Trinajstić information content (AvgIpc) is 3.48. The summed E-state index contributed by atoms with van der Waals surface area (Å²) in [6.07, 6.45) is 23.6. The number of fused-ring (bicyclic) bond motifs is 1. The first kappa shape index (κ1) is 32.9. The summed E-state index contributed by atoms with van der Waals surface area (Å²) < 4.78 is 0. The number of carbonyl (C=O) groups is 1. The van der Waals surface area contributed by atoms with Gasteiger partial charge in [0, 0.05) is 34.0 Å². The molecule has 0 bridgehead atoms. The summed E-state index contributed by atoms with van der Waals surface area (Å²) in [4.78, 5) is 17.8. The van der Waals surface area contributed by atoms with E-state index in [1.54, 1.807) is 0 Å². The van der Waals surface area contributed by atoms with Crippen LogP contribution >= 0.6 is 0 Å². The van der Waals surface area contributed by atoms with Crippen LogP contribution in [0.25, 0.3) is 0 Å². The topological polar surface area (TPSA) is 30.0 Å². The lowest BCUT2D eigenvalue weighted by molar-refractivity contribution is -0.119. The van der Waals surface area contributed by atoms with E-state index in [0.717, 1.165) is 30.6 Å². The zero-order valence-electron chi connectivity index (χ0n) is 28.1. The summed E-state index contributed by atoms with van der Waals surface area (Å²) in [7, 11) is 0. The highest BCUT2D eigenvalue weighted by atomic mass is 16.1. The van der Waals surface area contributed by atoms with Gasteiger partial charge in [0.25, 0.3) is 0 Å². The number of rotatable bonds is 10. The minimum Gasteiger partial charge on any atom is -0.299 e. The standard InChI is InChI=1S/C38H55NO.C2H6.2H2/c1-5-12-30(31-14-7-6-8-15-31)18-11-13-29-19-20-33(26(2)21-29)24-36-28(4)38-34(25-39-36)23-35(40)22-27(3)37(38)32-16-9-10-17-32;1-2;;/h19-21,25,27,30-32,37H,5-18,22-24H2,1-4H3;1-2H3;2*1H. The molecule has 0 radical (unpaired) electrons. The largest absolute Gasteiger partial charge is 0.299 e. The van der Waals surface area contributed by atoms with Crippen molar-refractivity contribution in [3.05, 3.63) is 63.5 Å². The van der Waals surface area contributed by atoms with E-state index in [2.05, 4.69) is 52.1 Å². The number of hydrogen-bond acceptors (Lipinski definition) is 2. The summed E-state index contributed by atoms with van der Waals surface area (Å²) in [6.45, 7) is 13.3. The van der Waals surface area contributed by atoms with E-state index in [0.29, 0.717) is 24.0 Å². The minimum absolute atomic E-state index is 0. The summed E-state index contributed by atoms with van der Waals surface area (Å²) in [5.41, 5.74) is 9.60. The number of hydrogen-bond donors (Lipinski definition) is 0. The van der Waals surface area contributed by atoms with Gasteiger partial charge in [-0.3, -0.25) is 9.78 Å². The van der Waals surface area contributed by atoms with Gasteiger partial charge in [0.05, 0.1) is 0 Å². The monoisotopic (exact) mass is 576 g/mol. The highest BCUT2D eigenvalue weighted by Gasteiger charge is 2.37. The average molecular weight is 576 g/mol. The van der Waals surface area contributed by atoms with E-state index in [1.807, 2.05) is 13.8 Å². The molecule has 2 fully saturated rings. The number of aryl methyl sites for hydroxylation is 2. The van der Waals surface area contributed by atoms with Crippen LogP contribution in [0.15, 0.2) is 24.4 Å². The number of pyridine rings is 1. The van der Waals surface area contributed by atoms with Crippen molar-refractivity contribution in [3.63, 3.8) is 0 Å². The molecule has 0 aliphatic heterocycles. The number of Topliss-reactive ketones (excluding diaryl/α,β-unsaturated/α-hetero) is 1. The fraction of sp³-hybridized carbons (Fsp3) is 0.700. The van der Waals surface area contributed by atoms with Gasteiger partial charge >= 0.3 is 0 Å². The molecule has 3 atom stereocenters. The van der Waals surface area contributed by atoms with E-state index in [1.165, 1.54) is 129 Å². The first-order valence-electron chi connectivity index (χ1n) is 18.0. The van der Waals surface area contributed by atoms with E-state index in [4.69, 9.17) is 4.98 Å². The molecule has 2 aromatic rings. The molecule has 1 heterocycles. The molecular weight excluding hydrogens is 510 g/mol. The van der Waals surface area contributed by atoms with Crippen molar-refractivity contribution in [2.24, 2.45) is 23.7 Å². The third-order valence-electron chi connectivity index (χ3n) is 11.1. The number of benzene rings is 1. The van der Waals surface area contributed by atoms with Gasteiger partial charge in [0.1, 0.15) is 5.78 Å². The van der Waals surface area contributed by atoms with E-state index in [-0.39, 0.29) is 2.85 Å². The van der Waals surface area contributed by atoms with Gasteiger partial charge in [-0.05, 0) is 109 Å². The van der Waals surface area contributed by atoms with Gasteiger partial charge in [-0.1, -0.05) is 104 Å². The molecule has 0 spiro atoms. The van der Waals surface area contributed by atoms with Gasteiger partial charge in [-0.15, -0.1) is 0 Å². The highest BCUT2D eigenvalue weighted by Crippen LogP contribution is 2.47. The van der Waals surface area contributed by atoms with Gasteiger partial charge in [0.2, 0.25) is 0 Å². The Hall–Kier alpha value is -1.96. The molecule has 3 unspecified atom stereocenters. The summed E-state index contributed by atoms with van der Waals surface area (Å²) in [5.74, 6) is 4.00. The molecule has 1 aromatic carbocycles. The molecule has 2 heteroatoms. The molecule has 0 N–H and O–H groups in total. The maximum Gasteiger partial charge on any atom is 0.137 e. The van der Waals surface area contributed by atoms with Crippen molar-refractivity contribution in [2.45, 2.75) is 157 Å². The van der Waals surface area contributed by atoms with Gasteiger partial charge in [0.15, 0.2) is 0 Å². The van der Waals surface area contributed by atoms with Crippen LogP contribution in [0.4, 0.5) is 0 Å². The molecule has 1 aromatic heterocycles. The lowest BCUT2D eigenvalue weighted by Crippen LogP contribution is -2.20. The fourth-order valence-electron chi connectivity index (χ4n) is 9.03. The summed E-state index contributed by atoms with van der Waals surface area (Å²) >= 11 is 0. The molecule has 5 rings (SSSR count). The number of aromatic nitrogens is 1. The van der Waals surface area contributed by atoms with Crippen molar-refractivity contribution in [3.8, 4) is 0 Å². The number of carbonyl (C=O) groups excluding carboxylic acids is 1. The Labute approximate surface area is 261 Å². The SMILES string of the molecule is CC.CCCC(CCCc1ccc(Cc2ncc3c(c2C)C(C2CCCC2)C(C)CC(=O)C3)c(C)c1)C1CCCCC1.[HH].[HH]. The zero-order chi connectivity index (χ0) is 30.1. The predicted molar refractivity (Wildman–Crippen MR) is 184 cm³/mol. The first-order valence-corrected chi connectivity index (χ1v) is 18.0. The second-order valence-electron chi connectivity index (χ2n) is 14.0. The minimum atomic E-state index is 0. The maximum atomic E-state index is 12.8. The Morgan fingerprint density at radius 3 is 2.38 bits per heavy atom. The number of nitrogens with zero attached hydrogens (tertiary/aromatic N) is 1. The molecule has 3 aliphatic rings. The Morgan fingerprint density at radius 2 is 1.69 bits per heavy atom. The smallest absolute Gasteiger partial charge is 0.137 e.